The molecule has 3 rings (SSSR count). The molecule has 144 valence electrons. The van der Waals surface area contributed by atoms with E-state index in [1.165, 1.54) is 49.7 Å². The van der Waals surface area contributed by atoms with Crippen LogP contribution in [-0.2, 0) is 6.42 Å². The average molecular weight is 369 g/mol. The molecule has 0 spiro atoms. The molecule has 0 nitrogen and oxygen atoms in total. The Labute approximate surface area is 162 Å². The SMILES string of the molecule is CCCCCC1CC=C(c2ccc(-c3ccc(CC)c(F)c3F)cc2)CC1. The van der Waals surface area contributed by atoms with Crippen LogP contribution in [0.3, 0.4) is 0 Å². The Balaban J connectivity index is 1.70. The maximum absolute atomic E-state index is 14.4. The van der Waals surface area contributed by atoms with Crippen LogP contribution in [0, 0.1) is 17.6 Å². The van der Waals surface area contributed by atoms with Crippen LogP contribution in [0.2, 0.25) is 0 Å². The van der Waals surface area contributed by atoms with Crippen LogP contribution in [-0.4, -0.2) is 0 Å². The zero-order valence-corrected chi connectivity index (χ0v) is 16.5. The molecule has 0 N–H and O–H groups in total. The summed E-state index contributed by atoms with van der Waals surface area (Å²) in [6.07, 6.45) is 11.7. The number of hydrogen-bond donors (Lipinski definition) is 0. The van der Waals surface area contributed by atoms with Crippen molar-refractivity contribution in [1.82, 2.24) is 0 Å². The first-order valence-electron chi connectivity index (χ1n) is 10.4. The molecule has 27 heavy (non-hydrogen) atoms. The van der Waals surface area contributed by atoms with Crippen molar-refractivity contribution in [3.63, 3.8) is 0 Å². The zero-order chi connectivity index (χ0) is 19.2. The van der Waals surface area contributed by atoms with Gasteiger partial charge in [0.25, 0.3) is 0 Å². The minimum Gasteiger partial charge on any atom is -0.203 e. The maximum atomic E-state index is 14.4. The van der Waals surface area contributed by atoms with Gasteiger partial charge < -0.3 is 0 Å². The minimum absolute atomic E-state index is 0.338. The molecule has 0 amide bonds. The molecule has 0 aromatic heterocycles. The highest BCUT2D eigenvalue weighted by atomic mass is 19.2. The van der Waals surface area contributed by atoms with Crippen molar-refractivity contribution in [2.24, 2.45) is 5.92 Å². The lowest BCUT2D eigenvalue weighted by Crippen LogP contribution is -2.05. The van der Waals surface area contributed by atoms with Gasteiger partial charge in [0.15, 0.2) is 11.6 Å². The molecule has 0 heterocycles. The Bertz CT molecular complexity index is 787. The summed E-state index contributed by atoms with van der Waals surface area (Å²) in [7, 11) is 0. The average Bonchev–Trinajstić information content (AvgIpc) is 2.71. The molecule has 0 aliphatic heterocycles. The number of hydrogen-bond acceptors (Lipinski definition) is 0. The molecule has 1 aliphatic rings. The van der Waals surface area contributed by atoms with Gasteiger partial charge in [-0.2, -0.15) is 0 Å². The van der Waals surface area contributed by atoms with Gasteiger partial charge in [-0.1, -0.05) is 82.0 Å². The maximum Gasteiger partial charge on any atom is 0.166 e. The number of rotatable bonds is 7. The molecule has 0 radical (unpaired) electrons. The van der Waals surface area contributed by atoms with E-state index in [1.54, 1.807) is 12.1 Å². The van der Waals surface area contributed by atoms with E-state index in [9.17, 15) is 8.78 Å². The summed E-state index contributed by atoms with van der Waals surface area (Å²) in [6.45, 7) is 4.08. The van der Waals surface area contributed by atoms with E-state index in [2.05, 4.69) is 13.0 Å². The Morgan fingerprint density at radius 1 is 0.889 bits per heavy atom. The number of halogens is 2. The van der Waals surface area contributed by atoms with E-state index in [0.717, 1.165) is 17.9 Å². The fourth-order valence-electron chi connectivity index (χ4n) is 4.05. The van der Waals surface area contributed by atoms with E-state index in [-0.39, 0.29) is 0 Å². The fourth-order valence-corrected chi connectivity index (χ4v) is 4.05. The molecular weight excluding hydrogens is 338 g/mol. The van der Waals surface area contributed by atoms with Gasteiger partial charge in [0.05, 0.1) is 0 Å². The second-order valence-electron chi connectivity index (χ2n) is 7.70. The summed E-state index contributed by atoms with van der Waals surface area (Å²) in [5, 5.41) is 0. The summed E-state index contributed by atoms with van der Waals surface area (Å²) >= 11 is 0. The smallest absolute Gasteiger partial charge is 0.166 e. The van der Waals surface area contributed by atoms with E-state index in [1.807, 2.05) is 31.2 Å². The first-order chi connectivity index (χ1) is 13.1. The summed E-state index contributed by atoms with van der Waals surface area (Å²) in [5.41, 5.74) is 4.09. The van der Waals surface area contributed by atoms with Crippen molar-refractivity contribution in [1.29, 1.82) is 0 Å². The van der Waals surface area contributed by atoms with Crippen LogP contribution >= 0.6 is 0 Å². The predicted molar refractivity (Wildman–Crippen MR) is 111 cm³/mol. The number of unbranched alkanes of at least 4 members (excludes halogenated alkanes) is 2. The largest absolute Gasteiger partial charge is 0.203 e. The second-order valence-corrected chi connectivity index (χ2v) is 7.70. The van der Waals surface area contributed by atoms with Gasteiger partial charge in [-0.05, 0) is 53.9 Å². The van der Waals surface area contributed by atoms with Gasteiger partial charge in [-0.25, -0.2) is 8.78 Å². The molecule has 1 atom stereocenters. The van der Waals surface area contributed by atoms with Gasteiger partial charge in [-0.15, -0.1) is 0 Å². The van der Waals surface area contributed by atoms with Crippen LogP contribution in [0.25, 0.3) is 16.7 Å². The summed E-state index contributed by atoms with van der Waals surface area (Å²) in [4.78, 5) is 0. The lowest BCUT2D eigenvalue weighted by Gasteiger charge is -2.22. The Hall–Kier alpha value is -1.96. The van der Waals surface area contributed by atoms with Crippen molar-refractivity contribution in [3.05, 3.63) is 65.2 Å². The van der Waals surface area contributed by atoms with Crippen molar-refractivity contribution in [3.8, 4) is 11.1 Å². The molecule has 2 aromatic carbocycles. The normalized spacial score (nSPS) is 17.0. The van der Waals surface area contributed by atoms with E-state index in [4.69, 9.17) is 0 Å². The first-order valence-corrected chi connectivity index (χ1v) is 10.4. The van der Waals surface area contributed by atoms with E-state index < -0.39 is 11.6 Å². The summed E-state index contributed by atoms with van der Waals surface area (Å²) in [6, 6.07) is 11.3. The molecule has 0 saturated carbocycles. The van der Waals surface area contributed by atoms with Crippen molar-refractivity contribution < 1.29 is 8.78 Å². The second kappa shape index (κ2) is 9.30. The van der Waals surface area contributed by atoms with Gasteiger partial charge >= 0.3 is 0 Å². The molecular formula is C25H30F2. The summed E-state index contributed by atoms with van der Waals surface area (Å²) < 4.78 is 28.5. The topological polar surface area (TPSA) is 0 Å². The standard InChI is InChI=1S/C25H30F2/c1-3-5-6-7-18-8-10-20(11-9-18)21-12-14-22(15-13-21)23-17-16-19(4-2)24(26)25(23)27/h10,12-18H,3-9,11H2,1-2H3. The van der Waals surface area contributed by atoms with E-state index >= 15 is 0 Å². The quantitative estimate of drug-likeness (QED) is 0.435. The molecule has 0 bridgehead atoms. The molecule has 1 aliphatic carbocycles. The van der Waals surface area contributed by atoms with Crippen LogP contribution < -0.4 is 0 Å². The van der Waals surface area contributed by atoms with Crippen LogP contribution in [0.5, 0.6) is 0 Å². The molecule has 1 unspecified atom stereocenters. The predicted octanol–water partition coefficient (Wildman–Crippen LogP) is 7.96. The molecule has 0 fully saturated rings. The number of aryl methyl sites for hydroxylation is 1. The highest BCUT2D eigenvalue weighted by Gasteiger charge is 2.16. The lowest BCUT2D eigenvalue weighted by molar-refractivity contribution is 0.428. The fraction of sp³-hybridized carbons (Fsp3) is 0.440. The molecule has 2 heteroatoms. The Kier molecular flexibility index (Phi) is 6.82. The minimum atomic E-state index is -0.742. The monoisotopic (exact) mass is 368 g/mol. The third-order valence-corrected chi connectivity index (χ3v) is 5.85. The van der Waals surface area contributed by atoms with Crippen LogP contribution in [0.1, 0.15) is 69.9 Å². The van der Waals surface area contributed by atoms with Crippen molar-refractivity contribution in [2.75, 3.05) is 0 Å². The molecule has 0 saturated heterocycles. The zero-order valence-electron chi connectivity index (χ0n) is 16.5. The first kappa shape index (κ1) is 19.8. The van der Waals surface area contributed by atoms with Crippen molar-refractivity contribution in [2.45, 2.75) is 65.2 Å². The van der Waals surface area contributed by atoms with Gasteiger partial charge in [0, 0.05) is 5.56 Å². The van der Waals surface area contributed by atoms with Crippen LogP contribution in [0.15, 0.2) is 42.5 Å². The van der Waals surface area contributed by atoms with Gasteiger partial charge in [0.2, 0.25) is 0 Å². The molecule has 2 aromatic rings. The third kappa shape index (κ3) is 4.66. The lowest BCUT2D eigenvalue weighted by atomic mass is 9.83. The number of allylic oxidation sites excluding steroid dienone is 2. The van der Waals surface area contributed by atoms with Gasteiger partial charge in [-0.3, -0.25) is 0 Å². The number of benzene rings is 2. The summed E-state index contributed by atoms with van der Waals surface area (Å²) in [5.74, 6) is -0.634. The Morgan fingerprint density at radius 2 is 1.63 bits per heavy atom. The third-order valence-electron chi connectivity index (χ3n) is 5.85. The Morgan fingerprint density at radius 3 is 2.26 bits per heavy atom. The van der Waals surface area contributed by atoms with E-state index in [0.29, 0.717) is 17.5 Å². The highest BCUT2D eigenvalue weighted by Crippen LogP contribution is 2.34. The van der Waals surface area contributed by atoms with Crippen LogP contribution in [0.4, 0.5) is 8.78 Å². The van der Waals surface area contributed by atoms with Gasteiger partial charge in [0.1, 0.15) is 0 Å². The van der Waals surface area contributed by atoms with Crippen molar-refractivity contribution >= 4 is 5.57 Å². The highest BCUT2D eigenvalue weighted by molar-refractivity contribution is 5.71.